The minimum atomic E-state index is 0.796. The van der Waals surface area contributed by atoms with Gasteiger partial charge in [-0.1, -0.05) is 0 Å². The summed E-state index contributed by atoms with van der Waals surface area (Å²) >= 11 is 0. The summed E-state index contributed by atoms with van der Waals surface area (Å²) in [7, 11) is 0. The summed E-state index contributed by atoms with van der Waals surface area (Å²) in [4.78, 5) is 18.3. The van der Waals surface area contributed by atoms with Gasteiger partial charge in [0, 0.05) is 50.7 Å². The van der Waals surface area contributed by atoms with Crippen LogP contribution in [0.25, 0.3) is 11.0 Å². The van der Waals surface area contributed by atoms with Crippen LogP contribution >= 0.6 is 0 Å². The van der Waals surface area contributed by atoms with Crippen LogP contribution in [-0.4, -0.2) is 47.7 Å². The van der Waals surface area contributed by atoms with Crippen LogP contribution in [0.15, 0.2) is 35.1 Å². The van der Waals surface area contributed by atoms with Gasteiger partial charge in [0.1, 0.15) is 17.2 Å². The molecule has 7 heteroatoms. The SMILES string of the molecule is CCNc1cc(C)nc(N2CCN(c3nccc4occc34)CC2)n1. The Morgan fingerprint density at radius 3 is 2.72 bits per heavy atom. The van der Waals surface area contributed by atoms with Gasteiger partial charge >= 0.3 is 0 Å². The van der Waals surface area contributed by atoms with E-state index in [-0.39, 0.29) is 0 Å². The Morgan fingerprint density at radius 2 is 1.92 bits per heavy atom. The third-order valence-electron chi connectivity index (χ3n) is 4.42. The number of aromatic nitrogens is 3. The van der Waals surface area contributed by atoms with Gasteiger partial charge < -0.3 is 19.5 Å². The molecule has 0 bridgehead atoms. The van der Waals surface area contributed by atoms with Crippen molar-refractivity contribution in [2.45, 2.75) is 13.8 Å². The summed E-state index contributed by atoms with van der Waals surface area (Å²) in [6.07, 6.45) is 3.52. The molecule has 7 nitrogen and oxygen atoms in total. The number of furan rings is 1. The predicted molar refractivity (Wildman–Crippen MR) is 99.4 cm³/mol. The van der Waals surface area contributed by atoms with Gasteiger partial charge in [0.2, 0.25) is 5.95 Å². The van der Waals surface area contributed by atoms with Crippen LogP contribution in [0.2, 0.25) is 0 Å². The molecule has 1 saturated heterocycles. The molecule has 3 aromatic heterocycles. The van der Waals surface area contributed by atoms with Gasteiger partial charge in [0.05, 0.1) is 11.6 Å². The summed E-state index contributed by atoms with van der Waals surface area (Å²) < 4.78 is 5.49. The topological polar surface area (TPSA) is 70.3 Å². The lowest BCUT2D eigenvalue weighted by molar-refractivity contribution is 0.614. The number of anilines is 3. The molecule has 0 unspecified atom stereocenters. The number of piperazine rings is 1. The molecule has 0 saturated carbocycles. The van der Waals surface area contributed by atoms with Gasteiger partial charge in [-0.2, -0.15) is 4.98 Å². The van der Waals surface area contributed by atoms with Crippen molar-refractivity contribution in [1.29, 1.82) is 0 Å². The number of hydrogen-bond donors (Lipinski definition) is 1. The first-order valence-electron chi connectivity index (χ1n) is 8.66. The second kappa shape index (κ2) is 6.58. The number of rotatable bonds is 4. The third kappa shape index (κ3) is 3.09. The number of hydrogen-bond acceptors (Lipinski definition) is 7. The minimum absolute atomic E-state index is 0.796. The molecule has 130 valence electrons. The van der Waals surface area contributed by atoms with Crippen LogP contribution < -0.4 is 15.1 Å². The van der Waals surface area contributed by atoms with E-state index in [1.54, 1.807) is 12.5 Å². The molecular weight excluding hydrogens is 316 g/mol. The number of nitrogens with one attached hydrogen (secondary N) is 1. The van der Waals surface area contributed by atoms with Gasteiger partial charge in [-0.3, -0.25) is 0 Å². The van der Waals surface area contributed by atoms with E-state index in [0.29, 0.717) is 0 Å². The molecule has 0 spiro atoms. The molecule has 1 aliphatic rings. The molecule has 0 radical (unpaired) electrons. The van der Waals surface area contributed by atoms with Crippen LogP contribution in [0.1, 0.15) is 12.6 Å². The second-order valence-corrected chi connectivity index (χ2v) is 6.17. The average molecular weight is 338 g/mol. The summed E-state index contributed by atoms with van der Waals surface area (Å²) in [6.45, 7) is 8.42. The molecule has 1 N–H and O–H groups in total. The summed E-state index contributed by atoms with van der Waals surface area (Å²) in [5.74, 6) is 2.67. The van der Waals surface area contributed by atoms with Crippen molar-refractivity contribution in [1.82, 2.24) is 15.0 Å². The van der Waals surface area contributed by atoms with Gasteiger partial charge in [-0.15, -0.1) is 0 Å². The van der Waals surface area contributed by atoms with Crippen molar-refractivity contribution < 1.29 is 4.42 Å². The van der Waals surface area contributed by atoms with Crippen LogP contribution in [-0.2, 0) is 0 Å². The number of aryl methyl sites for hydroxylation is 1. The summed E-state index contributed by atoms with van der Waals surface area (Å²) in [6, 6.07) is 5.86. The number of nitrogens with zero attached hydrogens (tertiary/aromatic N) is 5. The molecule has 3 aromatic rings. The zero-order valence-corrected chi connectivity index (χ0v) is 14.6. The molecular formula is C18H22N6O. The van der Waals surface area contributed by atoms with Crippen LogP contribution in [0.3, 0.4) is 0 Å². The highest BCUT2D eigenvalue weighted by molar-refractivity contribution is 5.88. The van der Waals surface area contributed by atoms with Crippen molar-refractivity contribution in [2.24, 2.45) is 0 Å². The van der Waals surface area contributed by atoms with Crippen molar-refractivity contribution >= 4 is 28.6 Å². The molecule has 0 amide bonds. The third-order valence-corrected chi connectivity index (χ3v) is 4.42. The Morgan fingerprint density at radius 1 is 1.12 bits per heavy atom. The maximum atomic E-state index is 5.49. The van der Waals surface area contributed by atoms with Crippen molar-refractivity contribution in [3.05, 3.63) is 36.4 Å². The maximum absolute atomic E-state index is 5.49. The van der Waals surface area contributed by atoms with E-state index in [0.717, 1.165) is 67.0 Å². The normalized spacial score (nSPS) is 15.0. The Balaban J connectivity index is 1.51. The first-order chi connectivity index (χ1) is 12.2. The first-order valence-corrected chi connectivity index (χ1v) is 8.66. The largest absolute Gasteiger partial charge is 0.464 e. The van der Waals surface area contributed by atoms with E-state index >= 15 is 0 Å². The van der Waals surface area contributed by atoms with E-state index in [9.17, 15) is 0 Å². The van der Waals surface area contributed by atoms with Crippen LogP contribution in [0.4, 0.5) is 17.6 Å². The lowest BCUT2D eigenvalue weighted by Crippen LogP contribution is -2.47. The quantitative estimate of drug-likeness (QED) is 0.784. The van der Waals surface area contributed by atoms with Gasteiger partial charge in [0.25, 0.3) is 0 Å². The van der Waals surface area contributed by atoms with Gasteiger partial charge in [0.15, 0.2) is 0 Å². The van der Waals surface area contributed by atoms with Crippen LogP contribution in [0, 0.1) is 6.92 Å². The highest BCUT2D eigenvalue weighted by Gasteiger charge is 2.22. The zero-order valence-electron chi connectivity index (χ0n) is 14.6. The lowest BCUT2D eigenvalue weighted by atomic mass is 10.2. The average Bonchev–Trinajstić information content (AvgIpc) is 3.10. The molecule has 1 aliphatic heterocycles. The Labute approximate surface area is 146 Å². The smallest absolute Gasteiger partial charge is 0.227 e. The molecule has 4 heterocycles. The van der Waals surface area contributed by atoms with E-state index in [1.807, 2.05) is 25.1 Å². The van der Waals surface area contributed by atoms with E-state index < -0.39 is 0 Å². The maximum Gasteiger partial charge on any atom is 0.227 e. The van der Waals surface area contributed by atoms with Crippen molar-refractivity contribution in [3.8, 4) is 0 Å². The monoisotopic (exact) mass is 338 g/mol. The highest BCUT2D eigenvalue weighted by atomic mass is 16.3. The minimum Gasteiger partial charge on any atom is -0.464 e. The lowest BCUT2D eigenvalue weighted by Gasteiger charge is -2.35. The number of pyridine rings is 1. The van der Waals surface area contributed by atoms with Gasteiger partial charge in [-0.25, -0.2) is 9.97 Å². The molecule has 4 rings (SSSR count). The fourth-order valence-corrected chi connectivity index (χ4v) is 3.22. The van der Waals surface area contributed by atoms with E-state index in [4.69, 9.17) is 4.42 Å². The fraction of sp³-hybridized carbons (Fsp3) is 0.389. The number of fused-ring (bicyclic) bond motifs is 1. The molecule has 0 aromatic carbocycles. The van der Waals surface area contributed by atoms with Crippen molar-refractivity contribution in [2.75, 3.05) is 47.8 Å². The van der Waals surface area contributed by atoms with Crippen LogP contribution in [0.5, 0.6) is 0 Å². The molecule has 0 atom stereocenters. The van der Waals surface area contributed by atoms with Crippen molar-refractivity contribution in [3.63, 3.8) is 0 Å². The second-order valence-electron chi connectivity index (χ2n) is 6.17. The Hall–Kier alpha value is -2.83. The van der Waals surface area contributed by atoms with E-state index in [2.05, 4.69) is 37.0 Å². The van der Waals surface area contributed by atoms with E-state index in [1.165, 1.54) is 0 Å². The Bertz CT molecular complexity index is 869. The molecule has 0 aliphatic carbocycles. The zero-order chi connectivity index (χ0) is 17.2. The summed E-state index contributed by atoms with van der Waals surface area (Å²) in [5.41, 5.74) is 1.86. The highest BCUT2D eigenvalue weighted by Crippen LogP contribution is 2.26. The fourth-order valence-electron chi connectivity index (χ4n) is 3.22. The molecule has 1 fully saturated rings. The first kappa shape index (κ1) is 15.7. The van der Waals surface area contributed by atoms with Gasteiger partial charge in [-0.05, 0) is 26.0 Å². The standard InChI is InChI=1S/C18H22N6O/c1-3-19-16-12-13(2)21-18(22-16)24-9-7-23(8-10-24)17-14-5-11-25-15(14)4-6-20-17/h4-6,11-12H,3,7-10H2,1-2H3,(H,19,21,22). The summed E-state index contributed by atoms with van der Waals surface area (Å²) in [5, 5.41) is 4.34. The Kier molecular flexibility index (Phi) is 4.13. The molecule has 25 heavy (non-hydrogen) atoms. The predicted octanol–water partition coefficient (Wildman–Crippen LogP) is 2.68.